The Morgan fingerprint density at radius 1 is 1.24 bits per heavy atom. The molecule has 1 heterocycles. The van der Waals surface area contributed by atoms with Gasteiger partial charge in [-0.25, -0.2) is 0 Å². The molecule has 4 nitrogen and oxygen atoms in total. The summed E-state index contributed by atoms with van der Waals surface area (Å²) in [7, 11) is 0. The highest BCUT2D eigenvalue weighted by atomic mass is 32.2. The summed E-state index contributed by atoms with van der Waals surface area (Å²) in [6.45, 7) is 6.36. The molecule has 0 saturated heterocycles. The number of aryl methyl sites for hydroxylation is 1. The van der Waals surface area contributed by atoms with Gasteiger partial charge < -0.3 is 0 Å². The van der Waals surface area contributed by atoms with Gasteiger partial charge in [-0.05, 0) is 39.0 Å². The molecular weight excluding hydrogens is 280 g/mol. The molecule has 0 aliphatic rings. The van der Waals surface area contributed by atoms with E-state index in [9.17, 15) is 0 Å². The SMILES string of the molecule is Cc1ccc(SCC(Cc2ccn(C(C)C)n2)NN)cc1. The average molecular weight is 304 g/mol. The van der Waals surface area contributed by atoms with Crippen molar-refractivity contribution in [1.29, 1.82) is 0 Å². The molecule has 114 valence electrons. The Morgan fingerprint density at radius 3 is 2.52 bits per heavy atom. The normalized spacial score (nSPS) is 12.8. The molecule has 1 aromatic carbocycles. The predicted molar refractivity (Wildman–Crippen MR) is 89.3 cm³/mol. The van der Waals surface area contributed by atoms with Crippen LogP contribution in [0.2, 0.25) is 0 Å². The van der Waals surface area contributed by atoms with Gasteiger partial charge in [0.05, 0.1) is 5.69 Å². The van der Waals surface area contributed by atoms with E-state index < -0.39 is 0 Å². The van der Waals surface area contributed by atoms with E-state index in [1.807, 2.05) is 22.6 Å². The molecule has 0 radical (unpaired) electrons. The van der Waals surface area contributed by atoms with Crippen LogP contribution in [0.15, 0.2) is 41.4 Å². The fourth-order valence-corrected chi connectivity index (χ4v) is 2.96. The number of nitrogens with two attached hydrogens (primary N) is 1. The molecule has 5 heteroatoms. The third-order valence-electron chi connectivity index (χ3n) is 3.36. The molecule has 0 aliphatic heterocycles. The van der Waals surface area contributed by atoms with E-state index in [4.69, 9.17) is 5.84 Å². The van der Waals surface area contributed by atoms with Gasteiger partial charge in [-0.2, -0.15) is 5.10 Å². The number of benzene rings is 1. The number of nitrogens with one attached hydrogen (secondary N) is 1. The van der Waals surface area contributed by atoms with Gasteiger partial charge in [-0.1, -0.05) is 17.7 Å². The maximum atomic E-state index is 5.68. The number of rotatable bonds is 7. The van der Waals surface area contributed by atoms with Crippen LogP contribution in [0, 0.1) is 6.92 Å². The molecule has 3 N–H and O–H groups in total. The average Bonchev–Trinajstić information content (AvgIpc) is 2.94. The standard InChI is InChI=1S/C16H24N4S/c1-12(2)20-9-8-14(19-20)10-15(18-17)11-21-16-6-4-13(3)5-7-16/h4-9,12,15,18H,10-11,17H2,1-3H3. The van der Waals surface area contributed by atoms with Gasteiger partial charge in [0.1, 0.15) is 0 Å². The Bertz CT molecular complexity index is 548. The zero-order valence-corrected chi connectivity index (χ0v) is 13.7. The van der Waals surface area contributed by atoms with Gasteiger partial charge in [0, 0.05) is 35.3 Å². The van der Waals surface area contributed by atoms with Crippen LogP contribution in [-0.4, -0.2) is 21.6 Å². The second kappa shape index (κ2) is 7.64. The molecule has 0 aliphatic carbocycles. The predicted octanol–water partition coefficient (Wildman–Crippen LogP) is 2.94. The second-order valence-corrected chi connectivity index (χ2v) is 6.67. The number of hydrogen-bond acceptors (Lipinski definition) is 4. The smallest absolute Gasteiger partial charge is 0.0641 e. The summed E-state index contributed by atoms with van der Waals surface area (Å²) in [5, 5.41) is 4.58. The molecule has 2 aromatic rings. The fourth-order valence-electron chi connectivity index (χ4n) is 2.02. The Hall–Kier alpha value is -1.30. The van der Waals surface area contributed by atoms with Crippen molar-refractivity contribution in [2.75, 3.05) is 5.75 Å². The lowest BCUT2D eigenvalue weighted by Gasteiger charge is -2.14. The second-order valence-electron chi connectivity index (χ2n) is 5.57. The van der Waals surface area contributed by atoms with Crippen molar-refractivity contribution in [2.45, 2.75) is 44.2 Å². The largest absolute Gasteiger partial charge is 0.271 e. The summed E-state index contributed by atoms with van der Waals surface area (Å²) in [5.41, 5.74) is 5.26. The van der Waals surface area contributed by atoms with Crippen LogP contribution in [0.5, 0.6) is 0 Å². The number of aromatic nitrogens is 2. The van der Waals surface area contributed by atoms with Crippen LogP contribution in [0.4, 0.5) is 0 Å². The Balaban J connectivity index is 1.88. The lowest BCUT2D eigenvalue weighted by atomic mass is 10.2. The Morgan fingerprint density at radius 2 is 1.95 bits per heavy atom. The molecule has 0 spiro atoms. The lowest BCUT2D eigenvalue weighted by molar-refractivity contribution is 0.513. The maximum Gasteiger partial charge on any atom is 0.0641 e. The molecule has 0 amide bonds. The molecule has 21 heavy (non-hydrogen) atoms. The number of nitrogens with zero attached hydrogens (tertiary/aromatic N) is 2. The molecule has 1 aromatic heterocycles. The minimum absolute atomic E-state index is 0.215. The highest BCUT2D eigenvalue weighted by Gasteiger charge is 2.11. The Kier molecular flexibility index (Phi) is 5.85. The molecule has 0 saturated carbocycles. The van der Waals surface area contributed by atoms with Crippen LogP contribution >= 0.6 is 11.8 Å². The van der Waals surface area contributed by atoms with Gasteiger partial charge in [-0.15, -0.1) is 11.8 Å². The van der Waals surface area contributed by atoms with Crippen molar-refractivity contribution in [1.82, 2.24) is 15.2 Å². The zero-order chi connectivity index (χ0) is 15.2. The van der Waals surface area contributed by atoms with Crippen LogP contribution in [0.1, 0.15) is 31.1 Å². The monoisotopic (exact) mass is 304 g/mol. The summed E-state index contributed by atoms with van der Waals surface area (Å²) in [6, 6.07) is 11.3. The minimum Gasteiger partial charge on any atom is -0.271 e. The molecule has 1 unspecified atom stereocenters. The highest BCUT2D eigenvalue weighted by Crippen LogP contribution is 2.20. The van der Waals surface area contributed by atoms with E-state index >= 15 is 0 Å². The first-order chi connectivity index (χ1) is 10.1. The van der Waals surface area contributed by atoms with E-state index in [1.54, 1.807) is 0 Å². The van der Waals surface area contributed by atoms with Crippen molar-refractivity contribution in [3.05, 3.63) is 47.8 Å². The van der Waals surface area contributed by atoms with Crippen molar-refractivity contribution in [3.63, 3.8) is 0 Å². The number of thioether (sulfide) groups is 1. The van der Waals surface area contributed by atoms with E-state index in [0.717, 1.165) is 17.9 Å². The summed E-state index contributed by atoms with van der Waals surface area (Å²) >= 11 is 1.82. The van der Waals surface area contributed by atoms with E-state index in [-0.39, 0.29) is 6.04 Å². The molecular formula is C16H24N4S. The van der Waals surface area contributed by atoms with Crippen molar-refractivity contribution >= 4 is 11.8 Å². The van der Waals surface area contributed by atoms with Crippen LogP contribution in [0.3, 0.4) is 0 Å². The zero-order valence-electron chi connectivity index (χ0n) is 12.9. The van der Waals surface area contributed by atoms with Crippen molar-refractivity contribution in [2.24, 2.45) is 5.84 Å². The van der Waals surface area contributed by atoms with Gasteiger partial charge >= 0.3 is 0 Å². The van der Waals surface area contributed by atoms with Gasteiger partial charge in [0.2, 0.25) is 0 Å². The third-order valence-corrected chi connectivity index (χ3v) is 4.53. The first-order valence-electron chi connectivity index (χ1n) is 7.28. The quantitative estimate of drug-likeness (QED) is 0.469. The van der Waals surface area contributed by atoms with E-state index in [0.29, 0.717) is 6.04 Å². The fraction of sp³-hybridized carbons (Fsp3) is 0.438. The van der Waals surface area contributed by atoms with E-state index in [1.165, 1.54) is 10.5 Å². The van der Waals surface area contributed by atoms with Crippen molar-refractivity contribution < 1.29 is 0 Å². The Labute approximate surface area is 131 Å². The molecule has 1 atom stereocenters. The first-order valence-corrected chi connectivity index (χ1v) is 8.26. The molecule has 0 bridgehead atoms. The first kappa shape index (κ1) is 16.1. The van der Waals surface area contributed by atoms with E-state index in [2.05, 4.69) is 61.6 Å². The topological polar surface area (TPSA) is 55.9 Å². The molecule has 2 rings (SSSR count). The minimum atomic E-state index is 0.215. The summed E-state index contributed by atoms with van der Waals surface area (Å²) in [4.78, 5) is 1.27. The lowest BCUT2D eigenvalue weighted by Crippen LogP contribution is -2.38. The van der Waals surface area contributed by atoms with Crippen molar-refractivity contribution in [3.8, 4) is 0 Å². The summed E-state index contributed by atoms with van der Waals surface area (Å²) < 4.78 is 1.98. The summed E-state index contributed by atoms with van der Waals surface area (Å²) in [6.07, 6.45) is 2.87. The van der Waals surface area contributed by atoms with Gasteiger partial charge in [0.15, 0.2) is 0 Å². The van der Waals surface area contributed by atoms with Crippen LogP contribution < -0.4 is 11.3 Å². The summed E-state index contributed by atoms with van der Waals surface area (Å²) in [5.74, 6) is 6.60. The van der Waals surface area contributed by atoms with Gasteiger partial charge in [-0.3, -0.25) is 16.0 Å². The molecule has 0 fully saturated rings. The number of hydrazine groups is 1. The maximum absolute atomic E-state index is 5.68. The van der Waals surface area contributed by atoms with Crippen LogP contribution in [-0.2, 0) is 6.42 Å². The van der Waals surface area contributed by atoms with Crippen LogP contribution in [0.25, 0.3) is 0 Å². The van der Waals surface area contributed by atoms with Gasteiger partial charge in [0.25, 0.3) is 0 Å². The number of hydrogen-bond donors (Lipinski definition) is 2. The highest BCUT2D eigenvalue weighted by molar-refractivity contribution is 7.99. The third kappa shape index (κ3) is 4.88.